The molecule has 0 aliphatic heterocycles. The van der Waals surface area contributed by atoms with Crippen molar-refractivity contribution in [3.8, 4) is 0 Å². The third-order valence-electron chi connectivity index (χ3n) is 3.26. The van der Waals surface area contributed by atoms with Gasteiger partial charge in [-0.3, -0.25) is 0 Å². The van der Waals surface area contributed by atoms with E-state index in [2.05, 4.69) is 9.88 Å². The Bertz CT molecular complexity index is 645. The van der Waals surface area contributed by atoms with Crippen LogP contribution in [0.2, 0.25) is 0 Å². The topological polar surface area (TPSA) is 40.8 Å². The molecule has 0 aliphatic rings. The predicted octanol–water partition coefficient (Wildman–Crippen LogP) is 2.33. The average molecular weight is 267 g/mol. The van der Waals surface area contributed by atoms with Crippen LogP contribution in [-0.4, -0.2) is 27.6 Å². The summed E-state index contributed by atoms with van der Waals surface area (Å²) < 4.78 is 2.01. The van der Waals surface area contributed by atoms with Crippen molar-refractivity contribution >= 4 is 11.3 Å². The number of imidazole rings is 1. The fraction of sp³-hybridized carbons (Fsp3) is 0.188. The fourth-order valence-electron chi connectivity index (χ4n) is 2.32. The maximum absolute atomic E-state index is 9.25. The smallest absolute Gasteiger partial charge is 0.137 e. The number of aromatic nitrogens is 2. The summed E-state index contributed by atoms with van der Waals surface area (Å²) in [4.78, 5) is 6.73. The van der Waals surface area contributed by atoms with Crippen LogP contribution in [0.5, 0.6) is 0 Å². The first kappa shape index (κ1) is 12.7. The summed E-state index contributed by atoms with van der Waals surface area (Å²) in [6.45, 7) is 1.41. The number of aliphatic hydroxyl groups is 1. The molecule has 102 valence electrons. The molecule has 0 spiro atoms. The van der Waals surface area contributed by atoms with Gasteiger partial charge in [0.05, 0.1) is 18.8 Å². The highest BCUT2D eigenvalue weighted by molar-refractivity contribution is 5.47. The summed E-state index contributed by atoms with van der Waals surface area (Å²) in [7, 11) is 0. The van der Waals surface area contributed by atoms with Gasteiger partial charge in [0.15, 0.2) is 0 Å². The number of pyridine rings is 1. The second kappa shape index (κ2) is 5.75. The second-order valence-electron chi connectivity index (χ2n) is 4.68. The number of rotatable bonds is 5. The van der Waals surface area contributed by atoms with Gasteiger partial charge >= 0.3 is 0 Å². The number of fused-ring (bicyclic) bond motifs is 1. The van der Waals surface area contributed by atoms with Crippen molar-refractivity contribution < 1.29 is 5.11 Å². The van der Waals surface area contributed by atoms with Gasteiger partial charge in [-0.25, -0.2) is 4.98 Å². The number of nitrogens with zero attached hydrogens (tertiary/aromatic N) is 3. The van der Waals surface area contributed by atoms with Gasteiger partial charge in [0.25, 0.3) is 0 Å². The minimum Gasteiger partial charge on any atom is -0.395 e. The van der Waals surface area contributed by atoms with Crippen molar-refractivity contribution in [2.75, 3.05) is 18.1 Å². The van der Waals surface area contributed by atoms with Gasteiger partial charge in [-0.1, -0.05) is 24.3 Å². The number of aliphatic hydroxyl groups excluding tert-OH is 1. The van der Waals surface area contributed by atoms with E-state index < -0.39 is 0 Å². The Hall–Kier alpha value is -2.33. The van der Waals surface area contributed by atoms with Crippen LogP contribution in [0.4, 0.5) is 5.69 Å². The Labute approximate surface area is 117 Å². The standard InChI is InChI=1S/C16H17N3O/c20-11-10-18(15-6-2-1-3-7-15)12-14-13-19-9-5-4-8-16(19)17-14/h1-9,13,20H,10-12H2. The highest BCUT2D eigenvalue weighted by Crippen LogP contribution is 2.16. The molecule has 1 aromatic carbocycles. The zero-order valence-electron chi connectivity index (χ0n) is 11.2. The van der Waals surface area contributed by atoms with Crippen LogP contribution in [0.3, 0.4) is 0 Å². The number of hydrogen-bond acceptors (Lipinski definition) is 3. The summed E-state index contributed by atoms with van der Waals surface area (Å²) in [5.74, 6) is 0. The lowest BCUT2D eigenvalue weighted by molar-refractivity contribution is 0.301. The minimum atomic E-state index is 0.127. The van der Waals surface area contributed by atoms with Crippen LogP contribution in [-0.2, 0) is 6.54 Å². The normalized spacial score (nSPS) is 10.8. The lowest BCUT2D eigenvalue weighted by Gasteiger charge is -2.22. The van der Waals surface area contributed by atoms with Crippen molar-refractivity contribution in [3.63, 3.8) is 0 Å². The molecule has 0 atom stereocenters. The van der Waals surface area contributed by atoms with Crippen LogP contribution in [0, 0.1) is 0 Å². The number of benzene rings is 1. The predicted molar refractivity (Wildman–Crippen MR) is 79.8 cm³/mol. The van der Waals surface area contributed by atoms with Crippen molar-refractivity contribution in [1.29, 1.82) is 0 Å². The van der Waals surface area contributed by atoms with Gasteiger partial charge in [0.1, 0.15) is 5.65 Å². The van der Waals surface area contributed by atoms with E-state index in [0.29, 0.717) is 13.1 Å². The third kappa shape index (κ3) is 2.65. The Morgan fingerprint density at radius 2 is 1.85 bits per heavy atom. The van der Waals surface area contributed by atoms with E-state index in [9.17, 15) is 5.11 Å². The Morgan fingerprint density at radius 3 is 2.60 bits per heavy atom. The van der Waals surface area contributed by atoms with Gasteiger partial charge in [0, 0.05) is 24.6 Å². The molecule has 3 rings (SSSR count). The largest absolute Gasteiger partial charge is 0.395 e. The Morgan fingerprint density at radius 1 is 1.05 bits per heavy atom. The summed E-state index contributed by atoms with van der Waals surface area (Å²) in [6, 6.07) is 16.0. The molecule has 0 aliphatic carbocycles. The molecule has 3 aromatic rings. The molecule has 2 heterocycles. The van der Waals surface area contributed by atoms with Crippen LogP contribution < -0.4 is 4.90 Å². The lowest BCUT2D eigenvalue weighted by atomic mass is 10.2. The van der Waals surface area contributed by atoms with E-state index in [4.69, 9.17) is 0 Å². The van der Waals surface area contributed by atoms with Gasteiger partial charge in [-0.05, 0) is 24.3 Å². The first-order valence-electron chi connectivity index (χ1n) is 6.70. The van der Waals surface area contributed by atoms with E-state index in [-0.39, 0.29) is 6.61 Å². The Balaban J connectivity index is 1.86. The molecule has 0 saturated carbocycles. The lowest BCUT2D eigenvalue weighted by Crippen LogP contribution is -2.26. The molecule has 0 radical (unpaired) electrons. The Kier molecular flexibility index (Phi) is 3.65. The monoisotopic (exact) mass is 267 g/mol. The maximum atomic E-state index is 9.25. The van der Waals surface area contributed by atoms with Crippen LogP contribution in [0.25, 0.3) is 5.65 Å². The quantitative estimate of drug-likeness (QED) is 0.771. The molecule has 0 bridgehead atoms. The molecule has 0 unspecified atom stereocenters. The number of para-hydroxylation sites is 1. The molecule has 4 heteroatoms. The van der Waals surface area contributed by atoms with Crippen LogP contribution >= 0.6 is 0 Å². The van der Waals surface area contributed by atoms with Crippen molar-refractivity contribution in [1.82, 2.24) is 9.38 Å². The zero-order valence-corrected chi connectivity index (χ0v) is 11.2. The first-order valence-corrected chi connectivity index (χ1v) is 6.70. The maximum Gasteiger partial charge on any atom is 0.137 e. The molecular weight excluding hydrogens is 250 g/mol. The van der Waals surface area contributed by atoms with E-state index in [1.807, 2.05) is 65.3 Å². The molecule has 20 heavy (non-hydrogen) atoms. The summed E-state index contributed by atoms with van der Waals surface area (Å²) in [6.07, 6.45) is 4.02. The molecule has 0 amide bonds. The fourth-order valence-corrected chi connectivity index (χ4v) is 2.32. The average Bonchev–Trinajstić information content (AvgIpc) is 2.90. The summed E-state index contributed by atoms with van der Waals surface area (Å²) >= 11 is 0. The highest BCUT2D eigenvalue weighted by atomic mass is 16.3. The molecule has 0 fully saturated rings. The van der Waals surface area contributed by atoms with Gasteiger partial charge in [-0.15, -0.1) is 0 Å². The second-order valence-corrected chi connectivity index (χ2v) is 4.68. The van der Waals surface area contributed by atoms with Crippen molar-refractivity contribution in [3.05, 3.63) is 66.6 Å². The molecular formula is C16H17N3O. The molecule has 4 nitrogen and oxygen atoms in total. The van der Waals surface area contributed by atoms with Crippen molar-refractivity contribution in [2.45, 2.75) is 6.54 Å². The van der Waals surface area contributed by atoms with Gasteiger partial charge in [-0.2, -0.15) is 0 Å². The van der Waals surface area contributed by atoms with E-state index in [1.165, 1.54) is 0 Å². The summed E-state index contributed by atoms with van der Waals surface area (Å²) in [5, 5.41) is 9.25. The first-order chi connectivity index (χ1) is 9.86. The number of anilines is 1. The number of hydrogen-bond donors (Lipinski definition) is 1. The highest BCUT2D eigenvalue weighted by Gasteiger charge is 2.09. The van der Waals surface area contributed by atoms with Crippen molar-refractivity contribution in [2.24, 2.45) is 0 Å². The SMILES string of the molecule is OCCN(Cc1cn2ccccc2n1)c1ccccc1. The minimum absolute atomic E-state index is 0.127. The van der Waals surface area contributed by atoms with Gasteiger partial charge in [0.2, 0.25) is 0 Å². The third-order valence-corrected chi connectivity index (χ3v) is 3.26. The van der Waals surface area contributed by atoms with Gasteiger partial charge < -0.3 is 14.4 Å². The molecule has 0 saturated heterocycles. The van der Waals surface area contributed by atoms with Crippen LogP contribution in [0.1, 0.15) is 5.69 Å². The molecule has 2 aromatic heterocycles. The summed E-state index contributed by atoms with van der Waals surface area (Å²) in [5.41, 5.74) is 3.03. The molecule has 1 N–H and O–H groups in total. The van der Waals surface area contributed by atoms with E-state index >= 15 is 0 Å². The zero-order chi connectivity index (χ0) is 13.8. The van der Waals surface area contributed by atoms with Crippen LogP contribution in [0.15, 0.2) is 60.9 Å². The van der Waals surface area contributed by atoms with E-state index in [0.717, 1.165) is 17.0 Å². The van der Waals surface area contributed by atoms with E-state index in [1.54, 1.807) is 0 Å².